The standard InChI is InChI=1S/C70H82N12O6/c1-43-13-10-16-55-49(40-74-65(43)55)37-61(83)80-58(19-4-7-34-71)68(86)77-52-28-22-46(23-29-52)64(47-24-30-53(31-25-47)78-69(87)59(20-5-8-35-72)81-62(84)38-50-41-75-66-44(2)14-11-17-56(50)66)48-26-32-54(33-27-48)79-70(88)60(21-6-9-36-73)82-63(85)39-51-42-76-67-45(3)15-12-18-57(51)67/h10-18,22-33,40-42,58-60,64,74-76H,4-9,19-21,34-39,71-73H2,1-3H3,(H,77,86)(H,78,87)(H,79,88)(H,80,83)(H,81,84)(H,82,85)/t58-,59-,60-/m0/s1. The number of carbonyl (C=O) groups excluding carboxylic acids is 6. The van der Waals surface area contributed by atoms with Crippen LogP contribution < -0.4 is 49.1 Å². The maximum Gasteiger partial charge on any atom is 0.246 e. The quantitative estimate of drug-likeness (QED) is 0.0150. The Hall–Kier alpha value is -9.36. The van der Waals surface area contributed by atoms with Crippen molar-refractivity contribution in [3.63, 3.8) is 0 Å². The third-order valence-electron chi connectivity index (χ3n) is 16.4. The van der Waals surface area contributed by atoms with Gasteiger partial charge in [0.2, 0.25) is 35.4 Å². The Labute approximate surface area is 513 Å². The van der Waals surface area contributed by atoms with Crippen LogP contribution in [0.1, 0.15) is 114 Å². The molecule has 0 unspecified atom stereocenters. The van der Waals surface area contributed by atoms with Crippen LogP contribution >= 0.6 is 0 Å². The molecule has 3 aromatic heterocycles. The van der Waals surface area contributed by atoms with Crippen molar-refractivity contribution >= 4 is 85.2 Å². The third-order valence-corrected chi connectivity index (χ3v) is 16.4. The first-order valence-corrected chi connectivity index (χ1v) is 30.6. The van der Waals surface area contributed by atoms with Gasteiger partial charge in [-0.2, -0.15) is 0 Å². The number of rotatable bonds is 30. The highest BCUT2D eigenvalue weighted by atomic mass is 16.2. The molecule has 3 heterocycles. The first kappa shape index (κ1) is 63.2. The number of hydrogen-bond acceptors (Lipinski definition) is 9. The number of para-hydroxylation sites is 3. The summed E-state index contributed by atoms with van der Waals surface area (Å²) < 4.78 is 0. The molecule has 0 radical (unpaired) electrons. The number of nitrogens with one attached hydrogen (secondary N) is 9. The largest absolute Gasteiger partial charge is 0.361 e. The second-order valence-corrected chi connectivity index (χ2v) is 22.9. The Morgan fingerprint density at radius 1 is 0.375 bits per heavy atom. The second-order valence-electron chi connectivity index (χ2n) is 22.9. The van der Waals surface area contributed by atoms with E-state index in [1.807, 2.05) is 167 Å². The number of hydrogen-bond donors (Lipinski definition) is 12. The van der Waals surface area contributed by atoms with Crippen molar-refractivity contribution in [2.75, 3.05) is 35.6 Å². The van der Waals surface area contributed by atoms with Gasteiger partial charge in [0, 0.05) is 74.3 Å². The minimum Gasteiger partial charge on any atom is -0.361 e. The molecule has 18 nitrogen and oxygen atoms in total. The minimum atomic E-state index is -0.809. The van der Waals surface area contributed by atoms with Gasteiger partial charge in [0.25, 0.3) is 0 Å². The van der Waals surface area contributed by atoms with E-state index < -0.39 is 18.1 Å². The van der Waals surface area contributed by atoms with Crippen LogP contribution in [-0.2, 0) is 48.0 Å². The average Bonchev–Trinajstić information content (AvgIpc) is 2.44. The molecule has 0 aliphatic heterocycles. The summed E-state index contributed by atoms with van der Waals surface area (Å²) in [5.41, 5.74) is 30.4. The number of nitrogens with two attached hydrogens (primary N) is 3. The summed E-state index contributed by atoms with van der Waals surface area (Å²) in [7, 11) is 0. The van der Waals surface area contributed by atoms with Crippen molar-refractivity contribution < 1.29 is 28.8 Å². The zero-order valence-electron chi connectivity index (χ0n) is 50.5. The molecule has 0 saturated heterocycles. The zero-order chi connectivity index (χ0) is 62.1. The molecular weight excluding hydrogens is 1100 g/mol. The van der Waals surface area contributed by atoms with E-state index in [9.17, 15) is 28.8 Å². The normalized spacial score (nSPS) is 12.4. The molecule has 0 spiro atoms. The molecule has 6 amide bonds. The van der Waals surface area contributed by atoms with Crippen molar-refractivity contribution in [3.05, 3.63) is 196 Å². The maximum absolute atomic E-state index is 14.1. The van der Waals surface area contributed by atoms with Crippen molar-refractivity contribution in [3.8, 4) is 0 Å². The first-order valence-electron chi connectivity index (χ1n) is 30.6. The van der Waals surface area contributed by atoms with Gasteiger partial charge in [0.15, 0.2) is 0 Å². The Balaban J connectivity index is 0.930. The lowest BCUT2D eigenvalue weighted by atomic mass is 9.85. The summed E-state index contributed by atoms with van der Waals surface area (Å²) in [6.45, 7) is 7.41. The number of aryl methyl sites for hydroxylation is 3. The van der Waals surface area contributed by atoms with Gasteiger partial charge in [-0.3, -0.25) is 28.8 Å². The van der Waals surface area contributed by atoms with Gasteiger partial charge in [-0.05, 0) is 185 Å². The molecule has 0 bridgehead atoms. The summed E-state index contributed by atoms with van der Waals surface area (Å²) in [6, 6.07) is 38.0. The highest BCUT2D eigenvalue weighted by Crippen LogP contribution is 2.35. The number of aromatic nitrogens is 3. The summed E-state index contributed by atoms with van der Waals surface area (Å²) in [4.78, 5) is 92.7. The molecule has 88 heavy (non-hydrogen) atoms. The summed E-state index contributed by atoms with van der Waals surface area (Å²) >= 11 is 0. The highest BCUT2D eigenvalue weighted by Gasteiger charge is 2.26. The van der Waals surface area contributed by atoms with E-state index in [1.165, 1.54) is 0 Å². The van der Waals surface area contributed by atoms with Gasteiger partial charge in [0.1, 0.15) is 18.1 Å². The van der Waals surface area contributed by atoms with E-state index in [-0.39, 0.29) is 60.6 Å². The molecule has 0 aliphatic rings. The number of fused-ring (bicyclic) bond motifs is 3. The van der Waals surface area contributed by atoms with E-state index in [0.717, 1.165) is 82.8 Å². The number of anilines is 3. The minimum absolute atomic E-state index is 0.0998. The van der Waals surface area contributed by atoms with Crippen molar-refractivity contribution in [1.29, 1.82) is 0 Å². The zero-order valence-corrected chi connectivity index (χ0v) is 50.5. The fourth-order valence-corrected chi connectivity index (χ4v) is 11.6. The van der Waals surface area contributed by atoms with E-state index in [2.05, 4.69) is 46.9 Å². The SMILES string of the molecule is Cc1cccc2c(CC(=O)N[C@@H](CCCCN)C(=O)Nc3ccc(C(c4ccc(NC(=O)[C@H](CCCCN)NC(=O)Cc5c[nH]c6c(C)cccc56)cc4)c4ccc(NC(=O)[C@H](CCCCN)NC(=O)Cc5c[nH]c6c(C)cccc56)cc4)cc3)c[nH]c12. The van der Waals surface area contributed by atoms with Gasteiger partial charge in [-0.25, -0.2) is 0 Å². The van der Waals surface area contributed by atoms with Crippen molar-refractivity contribution in [2.24, 2.45) is 17.2 Å². The average molecular weight is 1190 g/mol. The molecule has 3 atom stereocenters. The molecule has 0 saturated carbocycles. The molecule has 458 valence electrons. The van der Waals surface area contributed by atoms with Crippen LogP contribution in [0.5, 0.6) is 0 Å². The van der Waals surface area contributed by atoms with Crippen LogP contribution in [0.3, 0.4) is 0 Å². The Kier molecular flexibility index (Phi) is 21.8. The molecule has 18 heteroatoms. The van der Waals surface area contributed by atoms with Gasteiger partial charge in [-0.15, -0.1) is 0 Å². The topological polar surface area (TPSA) is 300 Å². The Morgan fingerprint density at radius 2 is 0.648 bits per heavy atom. The second kappa shape index (κ2) is 30.3. The molecular formula is C70H82N12O6. The van der Waals surface area contributed by atoms with Gasteiger partial charge in [-0.1, -0.05) is 91.0 Å². The third kappa shape index (κ3) is 16.2. The van der Waals surface area contributed by atoms with E-state index in [1.54, 1.807) is 0 Å². The summed E-state index contributed by atoms with van der Waals surface area (Å²) in [6.07, 6.45) is 11.0. The van der Waals surface area contributed by atoms with Gasteiger partial charge in [0.05, 0.1) is 19.3 Å². The number of H-pyrrole nitrogens is 3. The number of aromatic amines is 3. The number of unbranched alkanes of at least 4 members (excludes halogenated alkanes) is 3. The Morgan fingerprint density at radius 3 is 0.909 bits per heavy atom. The predicted octanol–water partition coefficient (Wildman–Crippen LogP) is 9.62. The number of carbonyl (C=O) groups is 6. The molecule has 0 aliphatic carbocycles. The Bertz CT molecular complexity index is 3470. The van der Waals surface area contributed by atoms with Crippen LogP contribution in [0.2, 0.25) is 0 Å². The van der Waals surface area contributed by atoms with Crippen LogP contribution in [0.25, 0.3) is 32.7 Å². The van der Waals surface area contributed by atoms with Crippen molar-refractivity contribution in [1.82, 2.24) is 30.9 Å². The van der Waals surface area contributed by atoms with E-state index in [0.29, 0.717) is 94.5 Å². The fourth-order valence-electron chi connectivity index (χ4n) is 11.6. The first-order chi connectivity index (χ1) is 42.7. The smallest absolute Gasteiger partial charge is 0.246 e. The monoisotopic (exact) mass is 1190 g/mol. The maximum atomic E-state index is 14.1. The van der Waals surface area contributed by atoms with Crippen LogP contribution in [-0.4, -0.2) is 88.2 Å². The molecule has 0 fully saturated rings. The lowest BCUT2D eigenvalue weighted by Crippen LogP contribution is -2.44. The number of benzene rings is 6. The molecule has 9 aromatic rings. The number of amides is 6. The molecule has 6 aromatic carbocycles. The lowest BCUT2D eigenvalue weighted by molar-refractivity contribution is -0.126. The predicted molar refractivity (Wildman–Crippen MR) is 351 cm³/mol. The van der Waals surface area contributed by atoms with Crippen LogP contribution in [0, 0.1) is 20.8 Å². The molecule has 15 N–H and O–H groups in total. The van der Waals surface area contributed by atoms with E-state index in [4.69, 9.17) is 17.2 Å². The van der Waals surface area contributed by atoms with Crippen LogP contribution in [0.15, 0.2) is 146 Å². The summed E-state index contributed by atoms with van der Waals surface area (Å²) in [5.74, 6) is -2.25. The lowest BCUT2D eigenvalue weighted by Gasteiger charge is -2.22. The highest BCUT2D eigenvalue weighted by molar-refractivity contribution is 6.01. The molecule has 9 rings (SSSR count). The van der Waals surface area contributed by atoms with E-state index >= 15 is 0 Å². The van der Waals surface area contributed by atoms with Gasteiger partial charge < -0.3 is 64.1 Å². The van der Waals surface area contributed by atoms with Crippen LogP contribution in [0.4, 0.5) is 17.1 Å². The summed E-state index contributed by atoms with van der Waals surface area (Å²) in [5, 5.41) is 21.0. The van der Waals surface area contributed by atoms with Gasteiger partial charge >= 0.3 is 0 Å². The fraction of sp³-hybridized carbons (Fsp3) is 0.314. The van der Waals surface area contributed by atoms with Crippen molar-refractivity contribution in [2.45, 2.75) is 122 Å².